The Bertz CT molecular complexity index is 1070. The SMILES string of the molecule is CC(C)Oc1cccc(CN2CCC(O)(Cn3c(C(F)(F)F)cc4cccnc43)CC2)c1. The number of hydrogen-bond acceptors (Lipinski definition) is 4. The highest BCUT2D eigenvalue weighted by atomic mass is 19.4. The van der Waals surface area contributed by atoms with Crippen molar-refractivity contribution < 1.29 is 23.0 Å². The lowest BCUT2D eigenvalue weighted by molar-refractivity contribution is -0.145. The van der Waals surface area contributed by atoms with Crippen LogP contribution in [0.4, 0.5) is 13.2 Å². The van der Waals surface area contributed by atoms with Gasteiger partial charge in [0.15, 0.2) is 0 Å². The first kappa shape index (κ1) is 22.6. The zero-order valence-corrected chi connectivity index (χ0v) is 18.3. The van der Waals surface area contributed by atoms with Crippen LogP contribution in [0.2, 0.25) is 0 Å². The Labute approximate surface area is 185 Å². The lowest BCUT2D eigenvalue weighted by atomic mass is 9.91. The highest BCUT2D eigenvalue weighted by molar-refractivity contribution is 5.77. The lowest BCUT2D eigenvalue weighted by Gasteiger charge is -2.39. The maximum Gasteiger partial charge on any atom is 0.431 e. The Kier molecular flexibility index (Phi) is 6.18. The summed E-state index contributed by atoms with van der Waals surface area (Å²) < 4.78 is 47.8. The van der Waals surface area contributed by atoms with Gasteiger partial charge in [-0.15, -0.1) is 0 Å². The van der Waals surface area contributed by atoms with Gasteiger partial charge in [-0.3, -0.25) is 4.90 Å². The Morgan fingerprint density at radius 2 is 1.88 bits per heavy atom. The van der Waals surface area contributed by atoms with Gasteiger partial charge in [-0.2, -0.15) is 13.2 Å². The van der Waals surface area contributed by atoms with Crippen LogP contribution in [0.25, 0.3) is 11.0 Å². The van der Waals surface area contributed by atoms with Crippen molar-refractivity contribution in [1.29, 1.82) is 0 Å². The van der Waals surface area contributed by atoms with E-state index >= 15 is 0 Å². The number of hydrogen-bond donors (Lipinski definition) is 1. The molecule has 3 heterocycles. The van der Waals surface area contributed by atoms with Crippen LogP contribution in [0.3, 0.4) is 0 Å². The van der Waals surface area contributed by atoms with Gasteiger partial charge >= 0.3 is 6.18 Å². The van der Waals surface area contributed by atoms with Crippen molar-refractivity contribution >= 4 is 11.0 Å². The van der Waals surface area contributed by atoms with Crippen LogP contribution in [0, 0.1) is 0 Å². The van der Waals surface area contributed by atoms with Gasteiger partial charge in [0.1, 0.15) is 17.1 Å². The first-order valence-electron chi connectivity index (χ1n) is 10.8. The maximum atomic E-state index is 13.6. The van der Waals surface area contributed by atoms with E-state index in [-0.39, 0.29) is 18.3 Å². The zero-order valence-electron chi connectivity index (χ0n) is 18.3. The molecule has 3 aromatic rings. The molecule has 8 heteroatoms. The van der Waals surface area contributed by atoms with E-state index in [9.17, 15) is 18.3 Å². The fraction of sp³-hybridized carbons (Fsp3) is 0.458. The minimum atomic E-state index is -4.51. The van der Waals surface area contributed by atoms with Gasteiger partial charge in [0.25, 0.3) is 0 Å². The molecule has 0 saturated carbocycles. The van der Waals surface area contributed by atoms with Crippen molar-refractivity contribution in [3.63, 3.8) is 0 Å². The Morgan fingerprint density at radius 3 is 2.56 bits per heavy atom. The van der Waals surface area contributed by atoms with Crippen LogP contribution in [0.15, 0.2) is 48.7 Å². The van der Waals surface area contributed by atoms with Crippen LogP contribution in [0.5, 0.6) is 5.75 Å². The number of benzene rings is 1. The van der Waals surface area contributed by atoms with Gasteiger partial charge in [0, 0.05) is 31.2 Å². The average Bonchev–Trinajstić information content (AvgIpc) is 3.08. The molecule has 0 aliphatic carbocycles. The molecule has 2 aromatic heterocycles. The number of nitrogens with zero attached hydrogens (tertiary/aromatic N) is 3. The van der Waals surface area contributed by atoms with Crippen molar-refractivity contribution in [2.45, 2.75) is 57.7 Å². The van der Waals surface area contributed by atoms with E-state index < -0.39 is 17.5 Å². The third-order valence-electron chi connectivity index (χ3n) is 5.86. The molecule has 1 fully saturated rings. The summed E-state index contributed by atoms with van der Waals surface area (Å²) in [7, 11) is 0. The number of piperidine rings is 1. The molecule has 1 N–H and O–H groups in total. The highest BCUT2D eigenvalue weighted by Gasteiger charge is 2.39. The van der Waals surface area contributed by atoms with Gasteiger partial charge in [-0.1, -0.05) is 12.1 Å². The van der Waals surface area contributed by atoms with Crippen LogP contribution in [-0.4, -0.2) is 44.4 Å². The third kappa shape index (κ3) is 5.07. The van der Waals surface area contributed by atoms with Gasteiger partial charge in [0.05, 0.1) is 18.2 Å². The van der Waals surface area contributed by atoms with Crippen molar-refractivity contribution in [2.24, 2.45) is 0 Å². The molecule has 5 nitrogen and oxygen atoms in total. The van der Waals surface area contributed by atoms with E-state index in [0.29, 0.717) is 37.9 Å². The topological polar surface area (TPSA) is 50.5 Å². The number of fused-ring (bicyclic) bond motifs is 1. The van der Waals surface area contributed by atoms with E-state index in [4.69, 9.17) is 4.74 Å². The molecule has 0 amide bonds. The smallest absolute Gasteiger partial charge is 0.431 e. The molecule has 0 radical (unpaired) electrons. The average molecular weight is 448 g/mol. The Morgan fingerprint density at radius 1 is 1.12 bits per heavy atom. The Balaban J connectivity index is 1.45. The molecule has 1 aliphatic rings. The monoisotopic (exact) mass is 447 g/mol. The van der Waals surface area contributed by atoms with Crippen LogP contribution in [-0.2, 0) is 19.3 Å². The number of alkyl halides is 3. The molecule has 0 unspecified atom stereocenters. The zero-order chi connectivity index (χ0) is 22.9. The predicted octanol–water partition coefficient (Wildman–Crippen LogP) is 4.87. The summed E-state index contributed by atoms with van der Waals surface area (Å²) in [6.07, 6.45) is -2.17. The summed E-state index contributed by atoms with van der Waals surface area (Å²) in [5, 5.41) is 11.6. The standard InChI is InChI=1S/C24H28F3N3O2/c1-17(2)32-20-7-3-5-18(13-20)15-29-11-8-23(31,9-12-29)16-30-21(24(25,26)27)14-19-6-4-10-28-22(19)30/h3-7,10,13-14,17,31H,8-9,11-12,15-16H2,1-2H3. The lowest BCUT2D eigenvalue weighted by Crippen LogP contribution is -2.46. The van der Waals surface area contributed by atoms with Crippen molar-refractivity contribution in [3.8, 4) is 5.75 Å². The summed E-state index contributed by atoms with van der Waals surface area (Å²) in [5.41, 5.74) is -0.641. The number of aliphatic hydroxyl groups is 1. The molecule has 1 aliphatic heterocycles. The fourth-order valence-corrected chi connectivity index (χ4v) is 4.31. The first-order valence-corrected chi connectivity index (χ1v) is 10.8. The quantitative estimate of drug-likeness (QED) is 0.586. The molecule has 1 aromatic carbocycles. The molecule has 32 heavy (non-hydrogen) atoms. The summed E-state index contributed by atoms with van der Waals surface area (Å²) in [6.45, 7) is 5.72. The number of pyridine rings is 1. The van der Waals surface area contributed by atoms with E-state index in [1.807, 2.05) is 38.1 Å². The second-order valence-corrected chi connectivity index (χ2v) is 8.84. The fourth-order valence-electron chi connectivity index (χ4n) is 4.31. The third-order valence-corrected chi connectivity index (χ3v) is 5.86. The number of halogens is 3. The van der Waals surface area contributed by atoms with Crippen molar-refractivity contribution in [1.82, 2.24) is 14.5 Å². The summed E-state index contributed by atoms with van der Waals surface area (Å²) in [5.74, 6) is 0.817. The summed E-state index contributed by atoms with van der Waals surface area (Å²) in [4.78, 5) is 6.35. The van der Waals surface area contributed by atoms with E-state index in [2.05, 4.69) is 9.88 Å². The van der Waals surface area contributed by atoms with E-state index in [1.165, 1.54) is 6.20 Å². The molecular weight excluding hydrogens is 419 g/mol. The summed E-state index contributed by atoms with van der Waals surface area (Å²) in [6, 6.07) is 12.2. The number of ether oxygens (including phenoxy) is 1. The first-order chi connectivity index (χ1) is 15.1. The molecule has 0 bridgehead atoms. The number of rotatable bonds is 6. The molecule has 172 valence electrons. The molecule has 4 rings (SSSR count). The van der Waals surface area contributed by atoms with Crippen molar-refractivity contribution in [2.75, 3.05) is 13.1 Å². The number of likely N-dealkylation sites (tertiary alicyclic amines) is 1. The normalized spacial score (nSPS) is 17.2. The van der Waals surface area contributed by atoms with Gasteiger partial charge in [-0.25, -0.2) is 4.98 Å². The van der Waals surface area contributed by atoms with Crippen LogP contribution in [0.1, 0.15) is 37.9 Å². The highest BCUT2D eigenvalue weighted by Crippen LogP contribution is 2.36. The minimum Gasteiger partial charge on any atom is -0.491 e. The van der Waals surface area contributed by atoms with Gasteiger partial charge in [0.2, 0.25) is 0 Å². The Hall–Kier alpha value is -2.58. The van der Waals surface area contributed by atoms with Gasteiger partial charge < -0.3 is 14.4 Å². The van der Waals surface area contributed by atoms with Crippen molar-refractivity contribution in [3.05, 3.63) is 59.9 Å². The van der Waals surface area contributed by atoms with Crippen LogP contribution < -0.4 is 4.74 Å². The molecule has 0 spiro atoms. The molecule has 0 atom stereocenters. The summed E-state index contributed by atoms with van der Waals surface area (Å²) >= 11 is 0. The van der Waals surface area contributed by atoms with E-state index in [0.717, 1.165) is 21.9 Å². The predicted molar refractivity (Wildman–Crippen MR) is 116 cm³/mol. The van der Waals surface area contributed by atoms with Crippen LogP contribution >= 0.6 is 0 Å². The maximum absolute atomic E-state index is 13.6. The molecular formula is C24H28F3N3O2. The second-order valence-electron chi connectivity index (χ2n) is 8.84. The number of aromatic nitrogens is 2. The molecule has 1 saturated heterocycles. The second kappa shape index (κ2) is 8.75. The minimum absolute atomic E-state index is 0.0936. The van der Waals surface area contributed by atoms with E-state index in [1.54, 1.807) is 12.1 Å². The van der Waals surface area contributed by atoms with Gasteiger partial charge in [-0.05, 0) is 62.6 Å². The largest absolute Gasteiger partial charge is 0.491 e.